The van der Waals surface area contributed by atoms with Gasteiger partial charge in [0.05, 0.1) is 0 Å². The molecule has 1 aromatic carbocycles. The Morgan fingerprint density at radius 2 is 2.27 bits per heavy atom. The minimum Gasteiger partial charge on any atom is -0.398 e. The highest BCUT2D eigenvalue weighted by Gasteiger charge is 1.98. The van der Waals surface area contributed by atoms with Gasteiger partial charge in [0.15, 0.2) is 0 Å². The number of methoxy groups -OCH3 is 1. The van der Waals surface area contributed by atoms with Gasteiger partial charge < -0.3 is 10.5 Å². The van der Waals surface area contributed by atoms with Crippen LogP contribution in [0.4, 0.5) is 5.69 Å². The molecule has 0 saturated heterocycles. The maximum Gasteiger partial charge on any atom is 0.0470 e. The molecule has 0 spiro atoms. The Balaban J connectivity index is 2.28. The summed E-state index contributed by atoms with van der Waals surface area (Å²) in [5, 5.41) is 0. The lowest BCUT2D eigenvalue weighted by Gasteiger charge is -2.04. The van der Waals surface area contributed by atoms with Crippen LogP contribution in [0.15, 0.2) is 22.7 Å². The fraction of sp³-hybridized carbons (Fsp3) is 0.455. The number of nitrogens with two attached hydrogens (primary N) is 1. The Bertz CT molecular complexity index is 307. The van der Waals surface area contributed by atoms with Gasteiger partial charge in [-0.25, -0.2) is 0 Å². The van der Waals surface area contributed by atoms with Gasteiger partial charge in [0.1, 0.15) is 0 Å². The van der Waals surface area contributed by atoms with Gasteiger partial charge >= 0.3 is 0 Å². The summed E-state index contributed by atoms with van der Waals surface area (Å²) >= 11 is 5.29. The molecule has 84 valence electrons. The molecule has 0 saturated carbocycles. The van der Waals surface area contributed by atoms with Crippen molar-refractivity contribution in [3.05, 3.63) is 28.2 Å². The van der Waals surface area contributed by atoms with Crippen molar-refractivity contribution in [2.24, 2.45) is 0 Å². The molecule has 1 aromatic rings. The molecule has 2 nitrogen and oxygen atoms in total. The van der Waals surface area contributed by atoms with E-state index < -0.39 is 0 Å². The molecule has 0 bridgehead atoms. The van der Waals surface area contributed by atoms with Crippen LogP contribution in [0.3, 0.4) is 0 Å². The summed E-state index contributed by atoms with van der Waals surface area (Å²) in [5.74, 6) is 2.14. The number of hydrogen-bond acceptors (Lipinski definition) is 3. The van der Waals surface area contributed by atoms with Crippen molar-refractivity contribution >= 4 is 33.4 Å². The van der Waals surface area contributed by atoms with Gasteiger partial charge in [-0.1, -0.05) is 6.07 Å². The lowest BCUT2D eigenvalue weighted by Crippen LogP contribution is -1.92. The Morgan fingerprint density at radius 3 is 2.93 bits per heavy atom. The third-order valence-electron chi connectivity index (χ3n) is 1.97. The quantitative estimate of drug-likeness (QED) is 0.645. The fourth-order valence-corrected chi connectivity index (χ4v) is 2.31. The Hall–Kier alpha value is -0.190. The van der Waals surface area contributed by atoms with Crippen molar-refractivity contribution in [3.8, 4) is 0 Å². The maximum absolute atomic E-state index is 5.80. The van der Waals surface area contributed by atoms with Gasteiger partial charge in [-0.3, -0.25) is 0 Å². The topological polar surface area (TPSA) is 35.2 Å². The summed E-state index contributed by atoms with van der Waals surface area (Å²) in [6.45, 7) is 0.843. The van der Waals surface area contributed by atoms with Gasteiger partial charge in [0.2, 0.25) is 0 Å². The minimum absolute atomic E-state index is 0.810. The second kappa shape index (κ2) is 7.14. The van der Waals surface area contributed by atoms with Crippen LogP contribution in [0.2, 0.25) is 0 Å². The first-order valence-electron chi connectivity index (χ1n) is 4.84. The van der Waals surface area contributed by atoms with E-state index in [0.717, 1.165) is 34.7 Å². The number of hydrogen-bond donors (Lipinski definition) is 1. The number of halogens is 1. The van der Waals surface area contributed by atoms with E-state index in [2.05, 4.69) is 22.0 Å². The largest absolute Gasteiger partial charge is 0.398 e. The first kappa shape index (κ1) is 12.9. The second-order valence-electron chi connectivity index (χ2n) is 3.25. The van der Waals surface area contributed by atoms with E-state index in [9.17, 15) is 0 Å². The van der Waals surface area contributed by atoms with Crippen LogP contribution in [0, 0.1) is 0 Å². The van der Waals surface area contributed by atoms with E-state index in [1.807, 2.05) is 23.9 Å². The highest BCUT2D eigenvalue weighted by Crippen LogP contribution is 2.22. The molecule has 15 heavy (non-hydrogen) atoms. The van der Waals surface area contributed by atoms with Crippen molar-refractivity contribution in [2.45, 2.75) is 12.2 Å². The zero-order chi connectivity index (χ0) is 11.1. The summed E-state index contributed by atoms with van der Waals surface area (Å²) < 4.78 is 5.96. The van der Waals surface area contributed by atoms with E-state index in [-0.39, 0.29) is 0 Å². The predicted octanol–water partition coefficient (Wildman–Crippen LogP) is 3.30. The van der Waals surface area contributed by atoms with Crippen molar-refractivity contribution in [1.82, 2.24) is 0 Å². The van der Waals surface area contributed by atoms with Crippen molar-refractivity contribution in [1.29, 1.82) is 0 Å². The van der Waals surface area contributed by atoms with Crippen LogP contribution >= 0.6 is 27.7 Å². The van der Waals surface area contributed by atoms with E-state index in [1.54, 1.807) is 7.11 Å². The van der Waals surface area contributed by atoms with Crippen LogP contribution < -0.4 is 5.73 Å². The van der Waals surface area contributed by atoms with Crippen LogP contribution in [0.25, 0.3) is 0 Å². The van der Waals surface area contributed by atoms with Gasteiger partial charge in [-0.05, 0) is 45.8 Å². The molecule has 0 aromatic heterocycles. The zero-order valence-electron chi connectivity index (χ0n) is 8.83. The second-order valence-corrected chi connectivity index (χ2v) is 5.21. The van der Waals surface area contributed by atoms with Crippen LogP contribution in [-0.4, -0.2) is 19.5 Å². The molecule has 0 amide bonds. The maximum atomic E-state index is 5.80. The summed E-state index contributed by atoms with van der Waals surface area (Å²) in [5.41, 5.74) is 7.88. The van der Waals surface area contributed by atoms with E-state index in [1.165, 1.54) is 5.56 Å². The molecule has 0 heterocycles. The fourth-order valence-electron chi connectivity index (χ4n) is 1.18. The first-order valence-corrected chi connectivity index (χ1v) is 6.79. The monoisotopic (exact) mass is 289 g/mol. The summed E-state index contributed by atoms with van der Waals surface area (Å²) in [4.78, 5) is 0. The van der Waals surface area contributed by atoms with Crippen LogP contribution in [0.5, 0.6) is 0 Å². The number of ether oxygens (including phenoxy) is 1. The Labute approximate surface area is 104 Å². The molecule has 0 aliphatic heterocycles. The van der Waals surface area contributed by atoms with E-state index in [0.29, 0.717) is 0 Å². The third-order valence-corrected chi connectivity index (χ3v) is 3.80. The molecule has 2 N–H and O–H groups in total. The number of benzene rings is 1. The molecule has 1 rings (SSSR count). The Morgan fingerprint density at radius 1 is 1.47 bits per heavy atom. The molecule has 0 fully saturated rings. The van der Waals surface area contributed by atoms with Crippen molar-refractivity contribution in [3.63, 3.8) is 0 Å². The third kappa shape index (κ3) is 4.91. The van der Waals surface area contributed by atoms with Gasteiger partial charge in [0.25, 0.3) is 0 Å². The molecular formula is C11H16BrNOS. The lowest BCUT2D eigenvalue weighted by atomic mass is 10.2. The van der Waals surface area contributed by atoms with Crippen molar-refractivity contribution < 1.29 is 4.74 Å². The van der Waals surface area contributed by atoms with E-state index >= 15 is 0 Å². The summed E-state index contributed by atoms with van der Waals surface area (Å²) in [6.07, 6.45) is 1.10. The molecule has 4 heteroatoms. The molecule has 0 aliphatic carbocycles. The van der Waals surface area contributed by atoms with Gasteiger partial charge in [0, 0.05) is 29.6 Å². The standard InChI is InChI=1S/C11H16BrNOS/c1-14-5-2-6-15-8-9-3-4-10(12)11(13)7-9/h3-4,7H,2,5-6,8,13H2,1H3. The molecule has 0 atom stereocenters. The first-order chi connectivity index (χ1) is 7.24. The van der Waals surface area contributed by atoms with Gasteiger partial charge in [-0.2, -0.15) is 11.8 Å². The molecule has 0 radical (unpaired) electrons. The minimum atomic E-state index is 0.810. The smallest absolute Gasteiger partial charge is 0.0470 e. The number of nitrogen functional groups attached to an aromatic ring is 1. The number of thioether (sulfide) groups is 1. The highest BCUT2D eigenvalue weighted by molar-refractivity contribution is 9.10. The normalized spacial score (nSPS) is 10.5. The average molecular weight is 290 g/mol. The van der Waals surface area contributed by atoms with Gasteiger partial charge in [-0.15, -0.1) is 0 Å². The average Bonchev–Trinajstić information content (AvgIpc) is 2.23. The molecule has 0 aliphatic rings. The number of anilines is 1. The molecular weight excluding hydrogens is 274 g/mol. The van der Waals surface area contributed by atoms with Crippen LogP contribution in [-0.2, 0) is 10.5 Å². The van der Waals surface area contributed by atoms with Crippen molar-refractivity contribution in [2.75, 3.05) is 25.2 Å². The highest BCUT2D eigenvalue weighted by atomic mass is 79.9. The SMILES string of the molecule is COCCCSCc1ccc(Br)c(N)c1. The zero-order valence-corrected chi connectivity index (χ0v) is 11.2. The molecule has 0 unspecified atom stereocenters. The predicted molar refractivity (Wildman–Crippen MR) is 71.2 cm³/mol. The van der Waals surface area contributed by atoms with Crippen LogP contribution in [0.1, 0.15) is 12.0 Å². The lowest BCUT2D eigenvalue weighted by molar-refractivity contribution is 0.200. The summed E-state index contributed by atoms with van der Waals surface area (Å²) in [6, 6.07) is 6.12. The number of rotatable bonds is 6. The Kier molecular flexibility index (Phi) is 6.13. The van der Waals surface area contributed by atoms with E-state index in [4.69, 9.17) is 10.5 Å². The summed E-state index contributed by atoms with van der Waals surface area (Å²) in [7, 11) is 1.74.